The summed E-state index contributed by atoms with van der Waals surface area (Å²) in [6.45, 7) is 1.73. The number of ether oxygens (including phenoxy) is 1. The molecule has 0 spiro atoms. The Bertz CT molecular complexity index is 1080. The molecule has 3 rings (SSSR count). The monoisotopic (exact) mass is 341 g/mol. The van der Waals surface area contributed by atoms with Crippen LogP contribution in [0, 0.1) is 18.2 Å². The van der Waals surface area contributed by atoms with E-state index in [2.05, 4.69) is 9.97 Å². The van der Waals surface area contributed by atoms with Crippen molar-refractivity contribution in [3.63, 3.8) is 0 Å². The van der Waals surface area contributed by atoms with Crippen LogP contribution in [0.4, 0.5) is 15.8 Å². The van der Waals surface area contributed by atoms with Crippen LogP contribution in [0.15, 0.2) is 23.1 Å². The second kappa shape index (κ2) is 5.90. The fourth-order valence-electron chi connectivity index (χ4n) is 2.84. The third kappa shape index (κ3) is 2.38. The standard InChI is InChI=1S/C17H16FN5O2/c1-7-16-13(11(25-2)6-22-7)12(15(21)17(24)23-16)8-3-4-10(18)14(20)9(8)5-19/h3-6,19H,20-21H2,1-2H3,(H,23,24). The van der Waals surface area contributed by atoms with E-state index in [1.807, 2.05) is 0 Å². The molecule has 6 N–H and O–H groups in total. The molecule has 0 aliphatic heterocycles. The number of benzene rings is 1. The number of hydrogen-bond donors (Lipinski definition) is 4. The van der Waals surface area contributed by atoms with Crippen molar-refractivity contribution >= 4 is 28.5 Å². The van der Waals surface area contributed by atoms with E-state index in [1.54, 1.807) is 6.92 Å². The average Bonchev–Trinajstić information content (AvgIpc) is 2.60. The lowest BCUT2D eigenvalue weighted by Gasteiger charge is -2.16. The smallest absolute Gasteiger partial charge is 0.272 e. The quantitative estimate of drug-likeness (QED) is 0.428. The van der Waals surface area contributed by atoms with Gasteiger partial charge >= 0.3 is 0 Å². The highest BCUT2D eigenvalue weighted by Gasteiger charge is 2.21. The van der Waals surface area contributed by atoms with Crippen molar-refractivity contribution in [3.8, 4) is 16.9 Å². The zero-order chi connectivity index (χ0) is 18.3. The number of H-pyrrole nitrogens is 1. The number of nitrogen functional groups attached to an aromatic ring is 2. The van der Waals surface area contributed by atoms with Crippen LogP contribution in [0.2, 0.25) is 0 Å². The lowest BCUT2D eigenvalue weighted by molar-refractivity contribution is 0.418. The topological polar surface area (TPSA) is 131 Å². The van der Waals surface area contributed by atoms with E-state index in [0.29, 0.717) is 33.5 Å². The Morgan fingerprint density at radius 3 is 2.68 bits per heavy atom. The van der Waals surface area contributed by atoms with Crippen molar-refractivity contribution in [2.24, 2.45) is 0 Å². The molecular weight excluding hydrogens is 325 g/mol. The van der Waals surface area contributed by atoms with Crippen molar-refractivity contribution in [2.75, 3.05) is 18.6 Å². The van der Waals surface area contributed by atoms with E-state index in [1.165, 1.54) is 25.4 Å². The Hall–Kier alpha value is -3.42. The van der Waals surface area contributed by atoms with Crippen LogP contribution in [-0.2, 0) is 0 Å². The Morgan fingerprint density at radius 1 is 1.32 bits per heavy atom. The summed E-state index contributed by atoms with van der Waals surface area (Å²) < 4.78 is 19.2. The second-order valence-electron chi connectivity index (χ2n) is 5.47. The zero-order valence-electron chi connectivity index (χ0n) is 13.6. The molecule has 3 aromatic rings. The number of halogens is 1. The number of aromatic amines is 1. The van der Waals surface area contributed by atoms with Gasteiger partial charge in [0.15, 0.2) is 0 Å². The molecule has 0 bridgehead atoms. The highest BCUT2D eigenvalue weighted by molar-refractivity contribution is 6.08. The molecule has 0 saturated carbocycles. The number of pyridine rings is 2. The number of methoxy groups -OCH3 is 1. The summed E-state index contributed by atoms with van der Waals surface area (Å²) >= 11 is 0. The molecule has 128 valence electrons. The van der Waals surface area contributed by atoms with Crippen molar-refractivity contribution in [1.82, 2.24) is 9.97 Å². The van der Waals surface area contributed by atoms with Crippen LogP contribution in [0.5, 0.6) is 5.75 Å². The minimum absolute atomic E-state index is 0.0782. The minimum Gasteiger partial charge on any atom is -0.494 e. The first-order valence-electron chi connectivity index (χ1n) is 7.34. The van der Waals surface area contributed by atoms with Gasteiger partial charge in [0.2, 0.25) is 0 Å². The van der Waals surface area contributed by atoms with Gasteiger partial charge in [-0.1, -0.05) is 6.07 Å². The third-order valence-corrected chi connectivity index (χ3v) is 4.10. The first-order chi connectivity index (χ1) is 11.9. The lowest BCUT2D eigenvalue weighted by Crippen LogP contribution is -2.15. The molecule has 0 radical (unpaired) electrons. The molecule has 2 aromatic heterocycles. The van der Waals surface area contributed by atoms with Gasteiger partial charge in [0.25, 0.3) is 5.56 Å². The van der Waals surface area contributed by atoms with Crippen LogP contribution in [0.1, 0.15) is 11.3 Å². The molecule has 8 heteroatoms. The highest BCUT2D eigenvalue weighted by atomic mass is 19.1. The molecular formula is C17H16FN5O2. The number of aryl methyl sites for hydroxylation is 1. The molecule has 0 fully saturated rings. The summed E-state index contributed by atoms with van der Waals surface area (Å²) in [5.41, 5.74) is 12.9. The Kier molecular flexibility index (Phi) is 3.88. The summed E-state index contributed by atoms with van der Waals surface area (Å²) in [6.07, 6.45) is 2.44. The van der Waals surface area contributed by atoms with Gasteiger partial charge in [0, 0.05) is 17.3 Å². The number of anilines is 2. The maximum Gasteiger partial charge on any atom is 0.272 e. The first kappa shape index (κ1) is 16.4. The van der Waals surface area contributed by atoms with Gasteiger partial charge in [0.05, 0.1) is 35.6 Å². The maximum atomic E-state index is 13.8. The number of nitrogens with one attached hydrogen (secondary N) is 2. The largest absolute Gasteiger partial charge is 0.494 e. The number of nitrogens with zero attached hydrogens (tertiary/aromatic N) is 1. The van der Waals surface area contributed by atoms with E-state index < -0.39 is 11.4 Å². The van der Waals surface area contributed by atoms with Crippen molar-refractivity contribution in [3.05, 3.63) is 45.8 Å². The molecule has 0 aliphatic rings. The van der Waals surface area contributed by atoms with Crippen LogP contribution >= 0.6 is 0 Å². The molecule has 2 heterocycles. The summed E-state index contributed by atoms with van der Waals surface area (Å²) in [7, 11) is 1.47. The molecule has 0 aliphatic carbocycles. The molecule has 0 amide bonds. The fraction of sp³-hybridized carbons (Fsp3) is 0.118. The Morgan fingerprint density at radius 2 is 2.04 bits per heavy atom. The SMILES string of the molecule is COc1cnc(C)c2[nH]c(=O)c(N)c(-c3ccc(F)c(N)c3C=N)c12. The number of hydrogen-bond acceptors (Lipinski definition) is 6. The van der Waals surface area contributed by atoms with Gasteiger partial charge in [-0.15, -0.1) is 0 Å². The highest BCUT2D eigenvalue weighted by Crippen LogP contribution is 2.39. The normalized spacial score (nSPS) is 10.8. The molecule has 0 saturated heterocycles. The minimum atomic E-state index is -0.653. The number of fused-ring (bicyclic) bond motifs is 1. The van der Waals surface area contributed by atoms with Crippen molar-refractivity contribution in [1.29, 1.82) is 5.41 Å². The molecule has 1 aromatic carbocycles. The van der Waals surface area contributed by atoms with Crippen LogP contribution in [0.25, 0.3) is 22.0 Å². The predicted octanol–water partition coefficient (Wildman–Crippen LogP) is 2.21. The average molecular weight is 341 g/mol. The number of aromatic nitrogens is 2. The van der Waals surface area contributed by atoms with E-state index in [4.69, 9.17) is 21.6 Å². The molecule has 0 atom stereocenters. The van der Waals surface area contributed by atoms with Gasteiger partial charge in [-0.2, -0.15) is 0 Å². The van der Waals surface area contributed by atoms with Crippen molar-refractivity contribution < 1.29 is 9.13 Å². The predicted molar refractivity (Wildman–Crippen MR) is 95.8 cm³/mol. The zero-order valence-corrected chi connectivity index (χ0v) is 13.6. The Balaban J connectivity index is 2.60. The van der Waals surface area contributed by atoms with E-state index in [-0.39, 0.29) is 16.9 Å². The third-order valence-electron chi connectivity index (χ3n) is 4.10. The second-order valence-corrected chi connectivity index (χ2v) is 5.47. The molecule has 7 nitrogen and oxygen atoms in total. The molecule has 0 unspecified atom stereocenters. The Labute approximate surface area is 142 Å². The van der Waals surface area contributed by atoms with Crippen LogP contribution < -0.4 is 21.8 Å². The summed E-state index contributed by atoms with van der Waals surface area (Å²) in [5.74, 6) is -0.267. The van der Waals surface area contributed by atoms with E-state index in [0.717, 1.165) is 6.21 Å². The first-order valence-corrected chi connectivity index (χ1v) is 7.34. The summed E-state index contributed by atoms with van der Waals surface area (Å²) in [6, 6.07) is 2.61. The van der Waals surface area contributed by atoms with Gasteiger partial charge < -0.3 is 26.6 Å². The van der Waals surface area contributed by atoms with Gasteiger partial charge in [-0.25, -0.2) is 4.39 Å². The number of nitrogens with two attached hydrogens (primary N) is 2. The molecule has 25 heavy (non-hydrogen) atoms. The lowest BCUT2D eigenvalue weighted by atomic mass is 9.94. The van der Waals surface area contributed by atoms with Crippen molar-refractivity contribution in [2.45, 2.75) is 6.92 Å². The number of rotatable bonds is 3. The van der Waals surface area contributed by atoms with Gasteiger partial charge in [-0.05, 0) is 18.6 Å². The van der Waals surface area contributed by atoms with E-state index in [9.17, 15) is 9.18 Å². The van der Waals surface area contributed by atoms with Crippen LogP contribution in [-0.4, -0.2) is 23.3 Å². The van der Waals surface area contributed by atoms with E-state index >= 15 is 0 Å². The van der Waals surface area contributed by atoms with Crippen LogP contribution in [0.3, 0.4) is 0 Å². The van der Waals surface area contributed by atoms with Gasteiger partial charge in [-0.3, -0.25) is 9.78 Å². The summed E-state index contributed by atoms with van der Waals surface area (Å²) in [5, 5.41) is 8.12. The fourth-order valence-corrected chi connectivity index (χ4v) is 2.84. The maximum absolute atomic E-state index is 13.8. The summed E-state index contributed by atoms with van der Waals surface area (Å²) in [4.78, 5) is 19.2. The van der Waals surface area contributed by atoms with Gasteiger partial charge in [0.1, 0.15) is 17.3 Å².